The van der Waals surface area contributed by atoms with Gasteiger partial charge in [0, 0.05) is 24.2 Å². The quantitative estimate of drug-likeness (QED) is 0.453. The molecule has 1 aromatic heterocycles. The molecule has 0 bridgehead atoms. The van der Waals surface area contributed by atoms with Crippen LogP contribution in [0.3, 0.4) is 0 Å². The van der Waals surface area contributed by atoms with Crippen molar-refractivity contribution in [2.24, 2.45) is 7.05 Å². The van der Waals surface area contributed by atoms with Crippen LogP contribution in [0.1, 0.15) is 11.4 Å². The number of benzene rings is 2. The summed E-state index contributed by atoms with van der Waals surface area (Å²) >= 11 is 17.8. The standard InChI is InChI=1S/C20H22Cl2N4O2S/c1-24(11-14-10-15(21)8-9-17(14)27-3)13-26-20(29)25(2)19(23-26)12-28-18-7-5-4-6-16(18)22/h4-10H,11-13H2,1-3H3. The molecule has 0 spiro atoms. The van der Waals surface area contributed by atoms with Crippen LogP contribution in [-0.4, -0.2) is 33.4 Å². The van der Waals surface area contributed by atoms with E-state index in [1.165, 1.54) is 0 Å². The Kier molecular flexibility index (Phi) is 7.18. The Balaban J connectivity index is 1.70. The van der Waals surface area contributed by atoms with Crippen molar-refractivity contribution in [1.82, 2.24) is 19.2 Å². The van der Waals surface area contributed by atoms with E-state index in [1.54, 1.807) is 17.9 Å². The van der Waals surface area contributed by atoms with Gasteiger partial charge in [-0.2, -0.15) is 5.10 Å². The van der Waals surface area contributed by atoms with Gasteiger partial charge in [0.2, 0.25) is 0 Å². The van der Waals surface area contributed by atoms with Gasteiger partial charge in [-0.1, -0.05) is 35.3 Å². The molecule has 6 nitrogen and oxygen atoms in total. The van der Waals surface area contributed by atoms with Gasteiger partial charge < -0.3 is 14.0 Å². The highest BCUT2D eigenvalue weighted by molar-refractivity contribution is 7.71. The molecule has 0 radical (unpaired) electrons. The molecule has 1 heterocycles. The average Bonchev–Trinajstić information content (AvgIpc) is 2.95. The molecule has 0 fully saturated rings. The zero-order valence-electron chi connectivity index (χ0n) is 16.4. The van der Waals surface area contributed by atoms with Gasteiger partial charge in [0.15, 0.2) is 10.6 Å². The molecule has 0 N–H and O–H groups in total. The molecule has 0 saturated heterocycles. The summed E-state index contributed by atoms with van der Waals surface area (Å²) in [5, 5.41) is 5.83. The highest BCUT2D eigenvalue weighted by Crippen LogP contribution is 2.25. The first-order valence-corrected chi connectivity index (χ1v) is 10.1. The van der Waals surface area contributed by atoms with E-state index in [0.717, 1.165) is 11.3 Å². The lowest BCUT2D eigenvalue weighted by Gasteiger charge is -2.18. The lowest BCUT2D eigenvalue weighted by atomic mass is 10.2. The summed E-state index contributed by atoms with van der Waals surface area (Å²) in [5.41, 5.74) is 0.993. The Morgan fingerprint density at radius 1 is 1.14 bits per heavy atom. The second-order valence-electron chi connectivity index (χ2n) is 6.59. The largest absolute Gasteiger partial charge is 0.496 e. The maximum atomic E-state index is 6.14. The van der Waals surface area contributed by atoms with Crippen molar-refractivity contribution in [1.29, 1.82) is 0 Å². The lowest BCUT2D eigenvalue weighted by molar-refractivity contribution is 0.237. The molecular formula is C20H22Cl2N4O2S. The molecule has 0 aliphatic rings. The van der Waals surface area contributed by atoms with Crippen LogP contribution >= 0.6 is 35.4 Å². The lowest BCUT2D eigenvalue weighted by Crippen LogP contribution is -2.23. The van der Waals surface area contributed by atoms with Gasteiger partial charge in [0.05, 0.1) is 18.8 Å². The molecule has 3 rings (SSSR count). The molecular weight excluding hydrogens is 431 g/mol. The third-order valence-corrected chi connectivity index (χ3v) is 5.41. The zero-order valence-corrected chi connectivity index (χ0v) is 18.8. The second kappa shape index (κ2) is 9.63. The smallest absolute Gasteiger partial charge is 0.198 e. The van der Waals surface area contributed by atoms with Crippen molar-refractivity contribution in [3.05, 3.63) is 68.7 Å². The molecule has 0 aliphatic heterocycles. The van der Waals surface area contributed by atoms with Crippen LogP contribution in [-0.2, 0) is 26.9 Å². The summed E-state index contributed by atoms with van der Waals surface area (Å²) in [6, 6.07) is 12.9. The molecule has 29 heavy (non-hydrogen) atoms. The molecule has 0 saturated carbocycles. The van der Waals surface area contributed by atoms with Crippen molar-refractivity contribution in [3.63, 3.8) is 0 Å². The van der Waals surface area contributed by atoms with E-state index in [4.69, 9.17) is 44.9 Å². The molecule has 2 aromatic carbocycles. The number of hydrogen-bond donors (Lipinski definition) is 0. The number of aromatic nitrogens is 3. The molecule has 0 aliphatic carbocycles. The summed E-state index contributed by atoms with van der Waals surface area (Å²) in [4.78, 5) is 2.08. The van der Waals surface area contributed by atoms with Crippen molar-refractivity contribution in [3.8, 4) is 11.5 Å². The monoisotopic (exact) mass is 452 g/mol. The van der Waals surface area contributed by atoms with Crippen LogP contribution in [0.15, 0.2) is 42.5 Å². The third-order valence-electron chi connectivity index (χ3n) is 4.38. The average molecular weight is 453 g/mol. The summed E-state index contributed by atoms with van der Waals surface area (Å²) < 4.78 is 15.4. The van der Waals surface area contributed by atoms with Crippen molar-refractivity contribution < 1.29 is 9.47 Å². The van der Waals surface area contributed by atoms with Crippen molar-refractivity contribution in [2.75, 3.05) is 14.2 Å². The van der Waals surface area contributed by atoms with Gasteiger partial charge in [-0.3, -0.25) is 4.90 Å². The molecule has 0 amide bonds. The normalized spacial score (nSPS) is 11.1. The number of halogens is 2. The van der Waals surface area contributed by atoms with Crippen LogP contribution in [0.25, 0.3) is 0 Å². The van der Waals surface area contributed by atoms with Crippen LogP contribution in [0.5, 0.6) is 11.5 Å². The summed E-state index contributed by atoms with van der Waals surface area (Å²) in [7, 11) is 5.50. The van der Waals surface area contributed by atoms with E-state index in [2.05, 4.69) is 10.00 Å². The number of hydrogen-bond acceptors (Lipinski definition) is 5. The van der Waals surface area contributed by atoms with Crippen molar-refractivity contribution >= 4 is 35.4 Å². The SMILES string of the molecule is COc1ccc(Cl)cc1CN(C)Cn1nc(COc2ccccc2Cl)n(C)c1=S. The molecule has 0 atom stereocenters. The van der Waals surface area contributed by atoms with E-state index < -0.39 is 0 Å². The summed E-state index contributed by atoms with van der Waals surface area (Å²) in [6.07, 6.45) is 0. The number of methoxy groups -OCH3 is 1. The van der Waals surface area contributed by atoms with E-state index >= 15 is 0 Å². The van der Waals surface area contributed by atoms with Crippen LogP contribution < -0.4 is 9.47 Å². The first-order valence-electron chi connectivity index (χ1n) is 8.90. The van der Waals surface area contributed by atoms with Gasteiger partial charge in [-0.25, -0.2) is 4.68 Å². The van der Waals surface area contributed by atoms with Crippen LogP contribution in [0.4, 0.5) is 0 Å². The van der Waals surface area contributed by atoms with Crippen LogP contribution in [0.2, 0.25) is 10.0 Å². The van der Waals surface area contributed by atoms with Crippen molar-refractivity contribution in [2.45, 2.75) is 19.8 Å². The fourth-order valence-electron chi connectivity index (χ4n) is 2.89. The predicted molar refractivity (Wildman–Crippen MR) is 117 cm³/mol. The highest BCUT2D eigenvalue weighted by atomic mass is 35.5. The minimum Gasteiger partial charge on any atom is -0.496 e. The van der Waals surface area contributed by atoms with E-state index in [1.807, 2.05) is 55.1 Å². The molecule has 154 valence electrons. The minimum atomic E-state index is 0.267. The number of para-hydroxylation sites is 1. The third kappa shape index (κ3) is 5.30. The minimum absolute atomic E-state index is 0.267. The number of nitrogens with zero attached hydrogens (tertiary/aromatic N) is 4. The Labute approximate surface area is 185 Å². The first kappa shape index (κ1) is 21.6. The molecule has 3 aromatic rings. The topological polar surface area (TPSA) is 44.4 Å². The Morgan fingerprint density at radius 3 is 2.62 bits per heavy atom. The Hall–Kier alpha value is -2.06. The van der Waals surface area contributed by atoms with Crippen LogP contribution in [0, 0.1) is 4.77 Å². The maximum Gasteiger partial charge on any atom is 0.198 e. The molecule has 0 unspecified atom stereocenters. The fourth-order valence-corrected chi connectivity index (χ4v) is 3.48. The number of rotatable bonds is 8. The van der Waals surface area contributed by atoms with Gasteiger partial charge in [-0.05, 0) is 49.6 Å². The first-order chi connectivity index (χ1) is 13.9. The van der Waals surface area contributed by atoms with Gasteiger partial charge in [0.25, 0.3) is 0 Å². The second-order valence-corrected chi connectivity index (χ2v) is 7.80. The van der Waals surface area contributed by atoms with E-state index in [9.17, 15) is 0 Å². The number of ether oxygens (including phenoxy) is 2. The zero-order chi connectivity index (χ0) is 21.0. The Morgan fingerprint density at radius 2 is 1.90 bits per heavy atom. The maximum absolute atomic E-state index is 6.14. The fraction of sp³-hybridized carbons (Fsp3) is 0.300. The van der Waals surface area contributed by atoms with E-state index in [-0.39, 0.29) is 6.61 Å². The predicted octanol–water partition coefficient (Wildman–Crippen LogP) is 4.93. The molecule has 9 heteroatoms. The Bertz CT molecular complexity index is 1050. The summed E-state index contributed by atoms with van der Waals surface area (Å²) in [6.45, 7) is 1.41. The van der Waals surface area contributed by atoms with Gasteiger partial charge in [0.1, 0.15) is 18.1 Å². The highest BCUT2D eigenvalue weighted by Gasteiger charge is 2.13. The summed E-state index contributed by atoms with van der Waals surface area (Å²) in [5.74, 6) is 2.11. The van der Waals surface area contributed by atoms with Gasteiger partial charge in [-0.15, -0.1) is 0 Å². The van der Waals surface area contributed by atoms with E-state index in [0.29, 0.717) is 39.6 Å². The van der Waals surface area contributed by atoms with Gasteiger partial charge >= 0.3 is 0 Å².